The number of nitrogens with zero attached hydrogens (tertiary/aromatic N) is 3. The van der Waals surface area contributed by atoms with E-state index in [-0.39, 0.29) is 11.3 Å². The fourth-order valence-electron chi connectivity index (χ4n) is 3.08. The fourth-order valence-corrected chi connectivity index (χ4v) is 3.08. The van der Waals surface area contributed by atoms with Crippen molar-refractivity contribution in [3.8, 4) is 6.07 Å². The topological polar surface area (TPSA) is 99.3 Å². The second kappa shape index (κ2) is 7.66. The van der Waals surface area contributed by atoms with E-state index in [0.29, 0.717) is 16.9 Å². The van der Waals surface area contributed by atoms with E-state index in [4.69, 9.17) is 5.26 Å². The van der Waals surface area contributed by atoms with Crippen LogP contribution in [0.25, 0.3) is 0 Å². The molecule has 0 radical (unpaired) electrons. The Labute approximate surface area is 151 Å². The van der Waals surface area contributed by atoms with Crippen molar-refractivity contribution in [3.05, 3.63) is 63.7 Å². The SMILES string of the molecule is N#Cc1cccc(NC(=O)c2ccc(N3CCCCC3)c([N+](=O)[O-])c2)c1. The van der Waals surface area contributed by atoms with Crippen molar-refractivity contribution >= 4 is 23.0 Å². The third-order valence-corrected chi connectivity index (χ3v) is 4.38. The van der Waals surface area contributed by atoms with Crippen LogP contribution in [0.4, 0.5) is 17.1 Å². The summed E-state index contributed by atoms with van der Waals surface area (Å²) in [4.78, 5) is 25.5. The highest BCUT2D eigenvalue weighted by molar-refractivity contribution is 6.05. The third-order valence-electron chi connectivity index (χ3n) is 4.38. The molecule has 0 aliphatic carbocycles. The van der Waals surface area contributed by atoms with Crippen molar-refractivity contribution in [2.45, 2.75) is 19.3 Å². The standard InChI is InChI=1S/C19H18N4O3/c20-13-14-5-4-6-16(11-14)21-19(24)15-7-8-17(18(12-15)23(25)26)22-9-2-1-3-10-22/h4-8,11-12H,1-3,9-10H2,(H,21,24). The number of carbonyl (C=O) groups is 1. The zero-order valence-electron chi connectivity index (χ0n) is 14.1. The molecule has 0 unspecified atom stereocenters. The van der Waals surface area contributed by atoms with Gasteiger partial charge in [0.05, 0.1) is 16.6 Å². The number of anilines is 2. The molecule has 2 aromatic carbocycles. The molecule has 0 aromatic heterocycles. The lowest BCUT2D eigenvalue weighted by Gasteiger charge is -2.28. The second-order valence-electron chi connectivity index (χ2n) is 6.16. The summed E-state index contributed by atoms with van der Waals surface area (Å²) >= 11 is 0. The molecule has 132 valence electrons. The number of rotatable bonds is 4. The summed E-state index contributed by atoms with van der Waals surface area (Å²) in [6.07, 6.45) is 3.15. The number of piperidine rings is 1. The molecule has 1 heterocycles. The second-order valence-corrected chi connectivity index (χ2v) is 6.16. The quantitative estimate of drug-likeness (QED) is 0.669. The van der Waals surface area contributed by atoms with Gasteiger partial charge in [0.15, 0.2) is 0 Å². The van der Waals surface area contributed by atoms with Crippen molar-refractivity contribution in [2.24, 2.45) is 0 Å². The van der Waals surface area contributed by atoms with Gasteiger partial charge in [0.2, 0.25) is 0 Å². The average molecular weight is 350 g/mol. The van der Waals surface area contributed by atoms with Gasteiger partial charge in [0.1, 0.15) is 5.69 Å². The molecule has 0 atom stereocenters. The van der Waals surface area contributed by atoms with Crippen LogP contribution in [0.5, 0.6) is 0 Å². The molecule has 7 nitrogen and oxygen atoms in total. The molecule has 1 N–H and O–H groups in total. The van der Waals surface area contributed by atoms with Crippen molar-refractivity contribution in [2.75, 3.05) is 23.3 Å². The van der Waals surface area contributed by atoms with E-state index in [1.54, 1.807) is 36.4 Å². The van der Waals surface area contributed by atoms with Crippen LogP contribution in [0, 0.1) is 21.4 Å². The Morgan fingerprint density at radius 2 is 1.92 bits per heavy atom. The van der Waals surface area contributed by atoms with Crippen LogP contribution >= 0.6 is 0 Å². The van der Waals surface area contributed by atoms with E-state index < -0.39 is 10.8 Å². The number of amides is 1. The summed E-state index contributed by atoms with van der Waals surface area (Å²) in [6.45, 7) is 1.57. The van der Waals surface area contributed by atoms with Gasteiger partial charge in [-0.1, -0.05) is 6.07 Å². The third kappa shape index (κ3) is 3.81. The van der Waals surface area contributed by atoms with E-state index in [1.807, 2.05) is 11.0 Å². The molecular weight excluding hydrogens is 332 g/mol. The van der Waals surface area contributed by atoms with Gasteiger partial charge in [-0.3, -0.25) is 14.9 Å². The number of nitriles is 1. The minimum atomic E-state index is -0.451. The number of nitro groups is 1. The first kappa shape index (κ1) is 17.4. The number of benzene rings is 2. The van der Waals surface area contributed by atoms with Gasteiger partial charge in [0, 0.05) is 30.4 Å². The predicted octanol–water partition coefficient (Wildman–Crippen LogP) is 3.71. The van der Waals surface area contributed by atoms with E-state index in [2.05, 4.69) is 5.32 Å². The summed E-state index contributed by atoms with van der Waals surface area (Å²) in [5.41, 5.74) is 1.59. The molecule has 2 aromatic rings. The first-order valence-electron chi connectivity index (χ1n) is 8.43. The van der Waals surface area contributed by atoms with E-state index in [0.717, 1.165) is 32.4 Å². The lowest BCUT2D eigenvalue weighted by molar-refractivity contribution is -0.384. The number of nitro benzene ring substituents is 1. The largest absolute Gasteiger partial charge is 0.366 e. The van der Waals surface area contributed by atoms with Crippen molar-refractivity contribution in [1.82, 2.24) is 0 Å². The van der Waals surface area contributed by atoms with Gasteiger partial charge in [-0.05, 0) is 49.6 Å². The van der Waals surface area contributed by atoms with Crippen LogP contribution in [-0.4, -0.2) is 23.9 Å². The Bertz CT molecular complexity index is 883. The molecular formula is C19H18N4O3. The average Bonchev–Trinajstić information content (AvgIpc) is 2.68. The zero-order valence-corrected chi connectivity index (χ0v) is 14.1. The Balaban J connectivity index is 1.85. The van der Waals surface area contributed by atoms with E-state index in [9.17, 15) is 14.9 Å². The van der Waals surface area contributed by atoms with Gasteiger partial charge in [-0.2, -0.15) is 5.26 Å². The summed E-state index contributed by atoms with van der Waals surface area (Å²) in [7, 11) is 0. The Hall–Kier alpha value is -3.40. The molecule has 3 rings (SSSR count). The summed E-state index contributed by atoms with van der Waals surface area (Å²) in [5.74, 6) is -0.451. The lowest BCUT2D eigenvalue weighted by atomic mass is 10.1. The van der Waals surface area contributed by atoms with Crippen LogP contribution in [0.2, 0.25) is 0 Å². The highest BCUT2D eigenvalue weighted by atomic mass is 16.6. The maximum Gasteiger partial charge on any atom is 0.293 e. The predicted molar refractivity (Wildman–Crippen MR) is 98.3 cm³/mol. The Morgan fingerprint density at radius 3 is 2.62 bits per heavy atom. The highest BCUT2D eigenvalue weighted by Crippen LogP contribution is 2.31. The number of hydrogen-bond donors (Lipinski definition) is 1. The number of hydrogen-bond acceptors (Lipinski definition) is 5. The summed E-state index contributed by atoms with van der Waals surface area (Å²) in [5, 5.41) is 23.1. The Morgan fingerprint density at radius 1 is 1.15 bits per heavy atom. The fraction of sp³-hybridized carbons (Fsp3) is 0.263. The number of carbonyl (C=O) groups excluding carboxylic acids is 1. The molecule has 0 spiro atoms. The Kier molecular flexibility index (Phi) is 5.13. The van der Waals surface area contributed by atoms with Crippen LogP contribution in [0.1, 0.15) is 35.2 Å². The molecule has 26 heavy (non-hydrogen) atoms. The molecule has 1 aliphatic rings. The van der Waals surface area contributed by atoms with Crippen molar-refractivity contribution in [3.63, 3.8) is 0 Å². The first-order chi connectivity index (χ1) is 12.6. The maximum absolute atomic E-state index is 12.4. The normalized spacial score (nSPS) is 13.7. The molecule has 1 aliphatic heterocycles. The van der Waals surface area contributed by atoms with Crippen molar-refractivity contribution in [1.29, 1.82) is 5.26 Å². The maximum atomic E-state index is 12.4. The van der Waals surface area contributed by atoms with Gasteiger partial charge in [-0.15, -0.1) is 0 Å². The molecule has 1 saturated heterocycles. The molecule has 0 bridgehead atoms. The van der Waals surface area contributed by atoms with E-state index in [1.165, 1.54) is 6.07 Å². The minimum Gasteiger partial charge on any atom is -0.366 e. The van der Waals surface area contributed by atoms with Crippen LogP contribution in [-0.2, 0) is 0 Å². The highest BCUT2D eigenvalue weighted by Gasteiger charge is 2.23. The number of nitrogens with one attached hydrogen (secondary N) is 1. The molecule has 7 heteroatoms. The summed E-state index contributed by atoms with van der Waals surface area (Å²) < 4.78 is 0. The van der Waals surface area contributed by atoms with Gasteiger partial charge >= 0.3 is 0 Å². The lowest BCUT2D eigenvalue weighted by Crippen LogP contribution is -2.30. The van der Waals surface area contributed by atoms with Crippen LogP contribution < -0.4 is 10.2 Å². The van der Waals surface area contributed by atoms with Gasteiger partial charge in [-0.25, -0.2) is 0 Å². The molecule has 1 amide bonds. The smallest absolute Gasteiger partial charge is 0.293 e. The summed E-state index contributed by atoms with van der Waals surface area (Å²) in [6, 6.07) is 13.1. The van der Waals surface area contributed by atoms with Gasteiger partial charge < -0.3 is 10.2 Å². The monoisotopic (exact) mass is 350 g/mol. The van der Waals surface area contributed by atoms with Crippen LogP contribution in [0.15, 0.2) is 42.5 Å². The van der Waals surface area contributed by atoms with Gasteiger partial charge in [0.25, 0.3) is 11.6 Å². The minimum absolute atomic E-state index is 0.0645. The van der Waals surface area contributed by atoms with Crippen LogP contribution in [0.3, 0.4) is 0 Å². The first-order valence-corrected chi connectivity index (χ1v) is 8.43. The van der Waals surface area contributed by atoms with E-state index >= 15 is 0 Å². The zero-order chi connectivity index (χ0) is 18.5. The molecule has 0 saturated carbocycles. The van der Waals surface area contributed by atoms with Crippen molar-refractivity contribution < 1.29 is 9.72 Å². The molecule has 1 fully saturated rings.